The summed E-state index contributed by atoms with van der Waals surface area (Å²) in [6.45, 7) is 0.924. The van der Waals surface area contributed by atoms with Gasteiger partial charge in [0.1, 0.15) is 0 Å². The first-order chi connectivity index (χ1) is 7.25. The van der Waals surface area contributed by atoms with Crippen molar-refractivity contribution in [1.29, 1.82) is 0 Å². The third kappa shape index (κ3) is 3.26. The Kier molecular flexibility index (Phi) is 4.16. The van der Waals surface area contributed by atoms with Crippen LogP contribution >= 0.6 is 34.4 Å². The molecule has 1 unspecified atom stereocenters. The van der Waals surface area contributed by atoms with Gasteiger partial charge in [0.2, 0.25) is 0 Å². The van der Waals surface area contributed by atoms with E-state index in [2.05, 4.69) is 34.7 Å². The minimum Gasteiger partial charge on any atom is -0.398 e. The number of hydrogen-bond acceptors (Lipinski definition) is 3. The van der Waals surface area contributed by atoms with E-state index in [0.29, 0.717) is 6.10 Å². The number of thioether (sulfide) groups is 1. The SMILES string of the molecule is Nc1cc(I)ccc1SCC1CCCO1. The molecule has 15 heavy (non-hydrogen) atoms. The summed E-state index contributed by atoms with van der Waals surface area (Å²) >= 11 is 4.07. The summed E-state index contributed by atoms with van der Waals surface area (Å²) in [4.78, 5) is 1.17. The molecule has 1 saturated heterocycles. The highest BCUT2D eigenvalue weighted by molar-refractivity contribution is 14.1. The van der Waals surface area contributed by atoms with Crippen molar-refractivity contribution < 1.29 is 4.74 Å². The van der Waals surface area contributed by atoms with Crippen LogP contribution in [0.1, 0.15) is 12.8 Å². The molecule has 2 rings (SSSR count). The zero-order valence-corrected chi connectivity index (χ0v) is 11.4. The van der Waals surface area contributed by atoms with Crippen LogP contribution in [0.4, 0.5) is 5.69 Å². The van der Waals surface area contributed by atoms with Gasteiger partial charge in [0, 0.05) is 26.5 Å². The maximum Gasteiger partial charge on any atom is 0.0669 e. The first-order valence-corrected chi connectivity index (χ1v) is 7.11. The van der Waals surface area contributed by atoms with Crippen LogP contribution < -0.4 is 5.73 Å². The second-order valence-corrected chi connectivity index (χ2v) is 5.94. The van der Waals surface area contributed by atoms with Gasteiger partial charge in [-0.05, 0) is 53.6 Å². The Morgan fingerprint density at radius 3 is 3.07 bits per heavy atom. The van der Waals surface area contributed by atoms with Crippen LogP contribution in [0.25, 0.3) is 0 Å². The van der Waals surface area contributed by atoms with E-state index >= 15 is 0 Å². The predicted molar refractivity (Wildman–Crippen MR) is 73.3 cm³/mol. The number of benzene rings is 1. The predicted octanol–water partition coefficient (Wildman–Crippen LogP) is 3.14. The average Bonchev–Trinajstić information content (AvgIpc) is 2.69. The van der Waals surface area contributed by atoms with E-state index in [0.717, 1.165) is 18.0 Å². The molecule has 4 heteroatoms. The molecule has 0 aliphatic carbocycles. The Morgan fingerprint density at radius 1 is 1.53 bits per heavy atom. The summed E-state index contributed by atoms with van der Waals surface area (Å²) in [6, 6.07) is 6.20. The molecule has 1 aliphatic heterocycles. The lowest BCUT2D eigenvalue weighted by Gasteiger charge is -2.10. The molecule has 1 aromatic rings. The van der Waals surface area contributed by atoms with E-state index in [1.165, 1.54) is 21.3 Å². The Hall–Kier alpha value is 0.0600. The van der Waals surface area contributed by atoms with Crippen molar-refractivity contribution in [3.05, 3.63) is 21.8 Å². The van der Waals surface area contributed by atoms with Gasteiger partial charge in [-0.2, -0.15) is 0 Å². The zero-order valence-electron chi connectivity index (χ0n) is 8.41. The minimum atomic E-state index is 0.425. The highest BCUT2D eigenvalue weighted by atomic mass is 127. The fourth-order valence-electron chi connectivity index (χ4n) is 1.61. The Balaban J connectivity index is 1.92. The Morgan fingerprint density at radius 2 is 2.40 bits per heavy atom. The van der Waals surface area contributed by atoms with Crippen molar-refractivity contribution in [3.8, 4) is 0 Å². The summed E-state index contributed by atoms with van der Waals surface area (Å²) < 4.78 is 6.76. The third-order valence-corrected chi connectivity index (χ3v) is 4.31. The number of anilines is 1. The second-order valence-electron chi connectivity index (χ2n) is 3.63. The summed E-state index contributed by atoms with van der Waals surface area (Å²) in [5, 5.41) is 0. The van der Waals surface area contributed by atoms with Crippen LogP contribution in [-0.4, -0.2) is 18.5 Å². The van der Waals surface area contributed by atoms with E-state index in [-0.39, 0.29) is 0 Å². The quantitative estimate of drug-likeness (QED) is 0.524. The molecule has 1 aromatic carbocycles. The van der Waals surface area contributed by atoms with Gasteiger partial charge in [0.25, 0.3) is 0 Å². The molecular weight excluding hydrogens is 321 g/mol. The van der Waals surface area contributed by atoms with Crippen molar-refractivity contribution in [3.63, 3.8) is 0 Å². The van der Waals surface area contributed by atoms with E-state index in [4.69, 9.17) is 10.5 Å². The van der Waals surface area contributed by atoms with Gasteiger partial charge in [0.05, 0.1) is 6.10 Å². The number of rotatable bonds is 3. The van der Waals surface area contributed by atoms with Crippen molar-refractivity contribution in [2.75, 3.05) is 18.1 Å². The van der Waals surface area contributed by atoms with E-state index < -0.39 is 0 Å². The maximum absolute atomic E-state index is 5.94. The van der Waals surface area contributed by atoms with Gasteiger partial charge in [-0.1, -0.05) is 0 Å². The molecule has 82 valence electrons. The molecule has 2 N–H and O–H groups in total. The summed E-state index contributed by atoms with van der Waals surface area (Å²) in [6.07, 6.45) is 2.82. The smallest absolute Gasteiger partial charge is 0.0669 e. The molecule has 1 aliphatic rings. The number of nitrogen functional groups attached to an aromatic ring is 1. The van der Waals surface area contributed by atoms with Gasteiger partial charge in [-0.25, -0.2) is 0 Å². The van der Waals surface area contributed by atoms with Gasteiger partial charge in [-0.3, -0.25) is 0 Å². The summed E-state index contributed by atoms with van der Waals surface area (Å²) in [7, 11) is 0. The summed E-state index contributed by atoms with van der Waals surface area (Å²) in [5.74, 6) is 1.02. The standard InChI is InChI=1S/C11H14INOS/c12-8-3-4-11(10(13)6-8)15-7-9-2-1-5-14-9/h3-4,6,9H,1-2,5,7,13H2. The van der Waals surface area contributed by atoms with E-state index in [9.17, 15) is 0 Å². The van der Waals surface area contributed by atoms with E-state index in [1.54, 1.807) is 11.8 Å². The van der Waals surface area contributed by atoms with Gasteiger partial charge >= 0.3 is 0 Å². The van der Waals surface area contributed by atoms with Crippen molar-refractivity contribution in [1.82, 2.24) is 0 Å². The largest absolute Gasteiger partial charge is 0.398 e. The molecule has 1 fully saturated rings. The maximum atomic E-state index is 5.94. The number of ether oxygens (including phenoxy) is 1. The monoisotopic (exact) mass is 335 g/mol. The molecule has 0 aromatic heterocycles. The fraction of sp³-hybridized carbons (Fsp3) is 0.455. The van der Waals surface area contributed by atoms with Crippen LogP contribution in [0.3, 0.4) is 0 Å². The lowest BCUT2D eigenvalue weighted by Crippen LogP contribution is -2.07. The van der Waals surface area contributed by atoms with E-state index in [1.807, 2.05) is 6.07 Å². The van der Waals surface area contributed by atoms with Crippen molar-refractivity contribution >= 4 is 40.0 Å². The second kappa shape index (κ2) is 5.41. The van der Waals surface area contributed by atoms with Gasteiger partial charge in [0.15, 0.2) is 0 Å². The first-order valence-electron chi connectivity index (χ1n) is 5.05. The molecule has 0 spiro atoms. The first kappa shape index (κ1) is 11.5. The van der Waals surface area contributed by atoms with Crippen LogP contribution in [0.15, 0.2) is 23.1 Å². The van der Waals surface area contributed by atoms with Crippen molar-refractivity contribution in [2.24, 2.45) is 0 Å². The molecule has 0 radical (unpaired) electrons. The number of hydrogen-bond donors (Lipinski definition) is 1. The molecule has 0 bridgehead atoms. The number of nitrogens with two attached hydrogens (primary N) is 1. The van der Waals surface area contributed by atoms with Crippen LogP contribution in [0.5, 0.6) is 0 Å². The van der Waals surface area contributed by atoms with Gasteiger partial charge in [-0.15, -0.1) is 11.8 Å². The van der Waals surface area contributed by atoms with Crippen LogP contribution in [-0.2, 0) is 4.74 Å². The highest BCUT2D eigenvalue weighted by Gasteiger charge is 2.15. The lowest BCUT2D eigenvalue weighted by atomic mass is 10.3. The number of halogens is 1. The topological polar surface area (TPSA) is 35.2 Å². The van der Waals surface area contributed by atoms with Gasteiger partial charge < -0.3 is 10.5 Å². The van der Waals surface area contributed by atoms with Crippen molar-refractivity contribution in [2.45, 2.75) is 23.8 Å². The third-order valence-electron chi connectivity index (χ3n) is 2.42. The average molecular weight is 335 g/mol. The highest BCUT2D eigenvalue weighted by Crippen LogP contribution is 2.29. The Labute approximate surface area is 108 Å². The van der Waals surface area contributed by atoms with Crippen LogP contribution in [0, 0.1) is 3.57 Å². The van der Waals surface area contributed by atoms with Crippen LogP contribution in [0.2, 0.25) is 0 Å². The molecule has 0 saturated carbocycles. The molecular formula is C11H14INOS. The minimum absolute atomic E-state index is 0.425. The lowest BCUT2D eigenvalue weighted by molar-refractivity contribution is 0.129. The fourth-order valence-corrected chi connectivity index (χ4v) is 3.14. The zero-order chi connectivity index (χ0) is 10.7. The molecule has 2 nitrogen and oxygen atoms in total. The summed E-state index contributed by atoms with van der Waals surface area (Å²) in [5.41, 5.74) is 6.82. The molecule has 0 amide bonds. The molecule has 1 heterocycles. The Bertz CT molecular complexity index is 339. The molecule has 1 atom stereocenters. The normalized spacial score (nSPS) is 20.7.